The average Bonchev–Trinajstić information content (AvgIpc) is 2.90. The van der Waals surface area contributed by atoms with Crippen LogP contribution >= 0.6 is 11.6 Å². The van der Waals surface area contributed by atoms with Crippen LogP contribution in [0.2, 0.25) is 5.02 Å². The van der Waals surface area contributed by atoms with Crippen LogP contribution in [-0.2, 0) is 0 Å². The number of ether oxygens (including phenoxy) is 1. The molecule has 0 N–H and O–H groups in total. The third kappa shape index (κ3) is 6.49. The maximum absolute atomic E-state index is 15.1. The summed E-state index contributed by atoms with van der Waals surface area (Å²) in [5.41, 5.74) is 0.974. The minimum Gasteiger partial charge on any atom is -0.432 e. The van der Waals surface area contributed by atoms with Crippen LogP contribution in [0.5, 0.6) is 5.75 Å². The maximum atomic E-state index is 15.1. The zero-order valence-corrected chi connectivity index (χ0v) is 22.7. The lowest BCUT2D eigenvalue weighted by Crippen LogP contribution is -2.38. The first kappa shape index (κ1) is 26.9. The molecular weight excluding hydrogens is 493 g/mol. The van der Waals surface area contributed by atoms with Gasteiger partial charge in [0.15, 0.2) is 0 Å². The quantitative estimate of drug-likeness (QED) is 0.359. The van der Waals surface area contributed by atoms with Crippen LogP contribution in [0.15, 0.2) is 42.5 Å². The first-order valence-electron chi connectivity index (χ1n) is 14.4. The Hall–Kier alpha value is -1.68. The van der Waals surface area contributed by atoms with Crippen molar-refractivity contribution in [3.63, 3.8) is 0 Å². The summed E-state index contributed by atoms with van der Waals surface area (Å²) in [5.74, 6) is 2.45. The monoisotopic (exact) mass is 532 g/mol. The highest BCUT2D eigenvalue weighted by Crippen LogP contribution is 2.48. The van der Waals surface area contributed by atoms with Crippen molar-refractivity contribution >= 4 is 11.6 Å². The summed E-state index contributed by atoms with van der Waals surface area (Å²) in [6, 6.07) is 10.7. The summed E-state index contributed by atoms with van der Waals surface area (Å²) in [6.45, 7) is 2.38. The molecule has 37 heavy (non-hydrogen) atoms. The summed E-state index contributed by atoms with van der Waals surface area (Å²) < 4.78 is 50.0. The van der Waals surface area contributed by atoms with E-state index in [1.807, 2.05) is 0 Å². The highest BCUT2D eigenvalue weighted by atomic mass is 35.5. The van der Waals surface area contributed by atoms with Gasteiger partial charge in [0.1, 0.15) is 11.6 Å². The van der Waals surface area contributed by atoms with E-state index in [1.165, 1.54) is 63.5 Å². The molecule has 2 aromatic carbocycles. The molecule has 3 aliphatic rings. The van der Waals surface area contributed by atoms with Gasteiger partial charge in [0.25, 0.3) is 0 Å². The van der Waals surface area contributed by atoms with E-state index < -0.39 is 17.8 Å². The molecule has 0 atom stereocenters. The van der Waals surface area contributed by atoms with Crippen LogP contribution in [0.4, 0.5) is 13.2 Å². The maximum Gasteiger partial charge on any atom is 0.400 e. The lowest BCUT2D eigenvalue weighted by molar-refractivity contribution is -0.224. The predicted octanol–water partition coefficient (Wildman–Crippen LogP) is 10.6. The van der Waals surface area contributed by atoms with Gasteiger partial charge in [-0.1, -0.05) is 43.5 Å². The van der Waals surface area contributed by atoms with Crippen molar-refractivity contribution in [3.8, 4) is 16.9 Å². The van der Waals surface area contributed by atoms with Gasteiger partial charge in [-0.15, -0.1) is 0 Å². The molecular formula is C32H40ClF3O. The Kier molecular flexibility index (Phi) is 8.43. The van der Waals surface area contributed by atoms with Crippen molar-refractivity contribution < 1.29 is 17.9 Å². The fourth-order valence-corrected chi connectivity index (χ4v) is 7.56. The molecule has 3 fully saturated rings. The summed E-state index contributed by atoms with van der Waals surface area (Å²) in [4.78, 5) is 0. The van der Waals surface area contributed by atoms with Crippen LogP contribution in [-0.4, -0.2) is 6.11 Å². The van der Waals surface area contributed by atoms with Crippen molar-refractivity contribution in [3.05, 3.63) is 53.3 Å². The topological polar surface area (TPSA) is 9.23 Å². The van der Waals surface area contributed by atoms with Gasteiger partial charge in [0.05, 0.1) is 5.92 Å². The lowest BCUT2D eigenvalue weighted by atomic mass is 9.65. The molecule has 2 aromatic rings. The Morgan fingerprint density at radius 1 is 0.703 bits per heavy atom. The number of hydrogen-bond acceptors (Lipinski definition) is 1. The zero-order valence-electron chi connectivity index (χ0n) is 21.9. The standard InChI is InChI=1S/C32H40ClF3O/c1-21-2-4-22(5-3-21)23-6-8-24(9-7-23)25-10-14-27(15-11-25)32(35,36)37-29-18-19-30(31(34)20-29)26-12-16-28(33)17-13-26/h12-13,16-25,27H,2-11,14-15H2,1H3. The summed E-state index contributed by atoms with van der Waals surface area (Å²) in [7, 11) is 0. The van der Waals surface area contributed by atoms with E-state index in [-0.39, 0.29) is 5.75 Å². The predicted molar refractivity (Wildman–Crippen MR) is 144 cm³/mol. The van der Waals surface area contributed by atoms with E-state index in [1.54, 1.807) is 24.3 Å². The van der Waals surface area contributed by atoms with E-state index >= 15 is 8.78 Å². The van der Waals surface area contributed by atoms with Gasteiger partial charge in [-0.25, -0.2) is 4.39 Å². The number of hydrogen-bond donors (Lipinski definition) is 0. The van der Waals surface area contributed by atoms with Gasteiger partial charge in [-0.05, 0) is 124 Å². The molecule has 1 nitrogen and oxygen atoms in total. The largest absolute Gasteiger partial charge is 0.432 e. The van der Waals surface area contributed by atoms with Crippen molar-refractivity contribution in [1.82, 2.24) is 0 Å². The summed E-state index contributed by atoms with van der Waals surface area (Å²) in [6.07, 6.45) is 10.2. The molecule has 0 aromatic heterocycles. The molecule has 5 rings (SSSR count). The highest BCUT2D eigenvalue weighted by molar-refractivity contribution is 6.30. The van der Waals surface area contributed by atoms with E-state index in [0.29, 0.717) is 40.8 Å². The second-order valence-electron chi connectivity index (χ2n) is 12.1. The summed E-state index contributed by atoms with van der Waals surface area (Å²) in [5, 5.41) is 0.556. The van der Waals surface area contributed by atoms with Crippen molar-refractivity contribution in [2.24, 2.45) is 35.5 Å². The molecule has 5 heteroatoms. The molecule has 0 unspecified atom stereocenters. The lowest BCUT2D eigenvalue weighted by Gasteiger charge is -2.41. The molecule has 0 radical (unpaired) electrons. The Morgan fingerprint density at radius 3 is 1.70 bits per heavy atom. The van der Waals surface area contributed by atoms with Crippen molar-refractivity contribution in [2.45, 2.75) is 90.1 Å². The third-order valence-corrected chi connectivity index (χ3v) is 10.1. The van der Waals surface area contributed by atoms with Crippen LogP contribution < -0.4 is 4.74 Å². The molecule has 202 valence electrons. The fourth-order valence-electron chi connectivity index (χ4n) is 7.44. The average molecular weight is 533 g/mol. The molecule has 0 bridgehead atoms. The smallest absolute Gasteiger partial charge is 0.400 e. The SMILES string of the molecule is CC1CCC(C2CCC(C3CCC(C(F)(F)Oc4ccc(-c5ccc(Cl)cc5)c(F)c4)CC3)CC2)CC1. The zero-order chi connectivity index (χ0) is 26.0. The molecule has 3 aliphatic carbocycles. The Labute approximate surface area is 225 Å². The van der Waals surface area contributed by atoms with E-state index in [2.05, 4.69) is 6.92 Å². The molecule has 0 heterocycles. The van der Waals surface area contributed by atoms with E-state index in [0.717, 1.165) is 36.7 Å². The van der Waals surface area contributed by atoms with Crippen molar-refractivity contribution in [2.75, 3.05) is 0 Å². The van der Waals surface area contributed by atoms with Gasteiger partial charge in [-0.3, -0.25) is 0 Å². The number of alkyl halides is 2. The first-order chi connectivity index (χ1) is 17.8. The molecule has 0 saturated heterocycles. The van der Waals surface area contributed by atoms with Crippen LogP contribution in [0.25, 0.3) is 11.1 Å². The van der Waals surface area contributed by atoms with Gasteiger partial charge in [-0.2, -0.15) is 8.78 Å². The van der Waals surface area contributed by atoms with Gasteiger partial charge >= 0.3 is 6.11 Å². The third-order valence-electron chi connectivity index (χ3n) is 9.81. The molecule has 0 spiro atoms. The van der Waals surface area contributed by atoms with Crippen LogP contribution in [0.3, 0.4) is 0 Å². The second-order valence-corrected chi connectivity index (χ2v) is 12.6. The van der Waals surface area contributed by atoms with E-state index in [4.69, 9.17) is 16.3 Å². The normalized spacial score (nSPS) is 31.2. The van der Waals surface area contributed by atoms with E-state index in [9.17, 15) is 4.39 Å². The molecule has 0 aliphatic heterocycles. The van der Waals surface area contributed by atoms with Gasteiger partial charge in [0, 0.05) is 16.7 Å². The second kappa shape index (κ2) is 11.6. The minimum absolute atomic E-state index is 0.127. The Morgan fingerprint density at radius 2 is 1.19 bits per heavy atom. The minimum atomic E-state index is -3.30. The molecule has 3 saturated carbocycles. The van der Waals surface area contributed by atoms with Gasteiger partial charge < -0.3 is 4.74 Å². The highest BCUT2D eigenvalue weighted by Gasteiger charge is 2.45. The number of halogens is 4. The fraction of sp³-hybridized carbons (Fsp3) is 0.625. The van der Waals surface area contributed by atoms with Crippen molar-refractivity contribution in [1.29, 1.82) is 0 Å². The number of benzene rings is 2. The Balaban J connectivity index is 1.11. The van der Waals surface area contributed by atoms with Crippen LogP contribution in [0.1, 0.15) is 84.0 Å². The number of rotatable bonds is 6. The first-order valence-corrected chi connectivity index (χ1v) is 14.8. The Bertz CT molecular complexity index is 1010. The molecule has 0 amide bonds. The summed E-state index contributed by atoms with van der Waals surface area (Å²) >= 11 is 5.91. The van der Waals surface area contributed by atoms with Gasteiger partial charge in [0.2, 0.25) is 0 Å². The van der Waals surface area contributed by atoms with Crippen LogP contribution in [0, 0.1) is 41.3 Å².